The molecule has 0 fully saturated rings. The van der Waals surface area contributed by atoms with E-state index in [1.54, 1.807) is 0 Å². The lowest BCUT2D eigenvalue weighted by molar-refractivity contribution is 0.868. The Morgan fingerprint density at radius 2 is 1.79 bits per heavy atom. The number of para-hydroxylation sites is 1. The van der Waals surface area contributed by atoms with Crippen molar-refractivity contribution in [3.05, 3.63) is 64.7 Å². The highest BCUT2D eigenvalue weighted by molar-refractivity contribution is 5.53. The minimum absolute atomic E-state index is 0.327. The number of rotatable bonds is 4. The quantitative estimate of drug-likeness (QED) is 0.805. The van der Waals surface area contributed by atoms with Gasteiger partial charge in [0.2, 0.25) is 0 Å². The van der Waals surface area contributed by atoms with Crippen molar-refractivity contribution in [1.82, 2.24) is 0 Å². The van der Waals surface area contributed by atoms with Crippen LogP contribution in [-0.2, 0) is 6.42 Å². The fourth-order valence-electron chi connectivity index (χ4n) is 2.59. The predicted molar refractivity (Wildman–Crippen MR) is 83.8 cm³/mol. The van der Waals surface area contributed by atoms with E-state index >= 15 is 0 Å². The highest BCUT2D eigenvalue weighted by Crippen LogP contribution is 2.25. The summed E-state index contributed by atoms with van der Waals surface area (Å²) in [5, 5.41) is 3.64. The summed E-state index contributed by atoms with van der Waals surface area (Å²) >= 11 is 0. The zero-order valence-corrected chi connectivity index (χ0v) is 12.3. The lowest BCUT2D eigenvalue weighted by Crippen LogP contribution is -2.09. The van der Waals surface area contributed by atoms with Crippen LogP contribution in [0, 0.1) is 13.8 Å². The van der Waals surface area contributed by atoms with Gasteiger partial charge in [-0.25, -0.2) is 0 Å². The van der Waals surface area contributed by atoms with Crippen LogP contribution in [0.1, 0.15) is 42.1 Å². The number of benzene rings is 2. The van der Waals surface area contributed by atoms with Gasteiger partial charge in [0.15, 0.2) is 0 Å². The lowest BCUT2D eigenvalue weighted by atomic mass is 9.99. The minimum Gasteiger partial charge on any atom is -0.378 e. The molecule has 100 valence electrons. The van der Waals surface area contributed by atoms with E-state index in [0.29, 0.717) is 6.04 Å². The second-order valence-corrected chi connectivity index (χ2v) is 5.24. The fraction of sp³-hybridized carbons (Fsp3) is 0.333. The van der Waals surface area contributed by atoms with Crippen molar-refractivity contribution < 1.29 is 0 Å². The van der Waals surface area contributed by atoms with Gasteiger partial charge in [0.1, 0.15) is 0 Å². The van der Waals surface area contributed by atoms with Gasteiger partial charge in [0, 0.05) is 11.7 Å². The molecule has 0 aliphatic carbocycles. The van der Waals surface area contributed by atoms with Gasteiger partial charge >= 0.3 is 0 Å². The van der Waals surface area contributed by atoms with Gasteiger partial charge in [-0.2, -0.15) is 0 Å². The summed E-state index contributed by atoms with van der Waals surface area (Å²) in [5.41, 5.74) is 6.67. The summed E-state index contributed by atoms with van der Waals surface area (Å²) in [7, 11) is 0. The Morgan fingerprint density at radius 1 is 1.05 bits per heavy atom. The van der Waals surface area contributed by atoms with Crippen LogP contribution in [0.3, 0.4) is 0 Å². The molecule has 0 saturated carbocycles. The van der Waals surface area contributed by atoms with Crippen molar-refractivity contribution in [3.8, 4) is 0 Å². The van der Waals surface area contributed by atoms with Crippen molar-refractivity contribution in [2.45, 2.75) is 40.2 Å². The van der Waals surface area contributed by atoms with Gasteiger partial charge in [-0.1, -0.05) is 48.9 Å². The molecule has 0 aromatic heterocycles. The molecule has 0 bridgehead atoms. The smallest absolute Gasteiger partial charge is 0.0488 e. The molecular weight excluding hydrogens is 230 g/mol. The summed E-state index contributed by atoms with van der Waals surface area (Å²) in [5.74, 6) is 0. The molecule has 0 aliphatic rings. The normalized spacial score (nSPS) is 12.2. The maximum absolute atomic E-state index is 3.64. The molecule has 2 aromatic carbocycles. The van der Waals surface area contributed by atoms with Crippen LogP contribution in [-0.4, -0.2) is 0 Å². The molecule has 0 radical (unpaired) electrons. The van der Waals surface area contributed by atoms with Gasteiger partial charge in [0.05, 0.1) is 0 Å². The van der Waals surface area contributed by atoms with Crippen LogP contribution < -0.4 is 5.32 Å². The standard InChI is InChI=1S/C18H23N/c1-5-16-8-6-7-9-18(16)19-15(4)17-11-10-13(2)12-14(17)3/h6-12,15,19H,5H2,1-4H3. The van der Waals surface area contributed by atoms with Gasteiger partial charge < -0.3 is 5.32 Å². The van der Waals surface area contributed by atoms with E-state index in [0.717, 1.165) is 6.42 Å². The third-order valence-corrected chi connectivity index (χ3v) is 3.66. The van der Waals surface area contributed by atoms with E-state index in [9.17, 15) is 0 Å². The van der Waals surface area contributed by atoms with Gasteiger partial charge in [-0.05, 0) is 49.9 Å². The maximum Gasteiger partial charge on any atom is 0.0488 e. The first-order valence-corrected chi connectivity index (χ1v) is 7.03. The highest BCUT2D eigenvalue weighted by Gasteiger charge is 2.09. The molecular formula is C18H23N. The predicted octanol–water partition coefficient (Wildman–Crippen LogP) is 5.04. The van der Waals surface area contributed by atoms with Crippen molar-refractivity contribution >= 4 is 5.69 Å². The number of hydrogen-bond donors (Lipinski definition) is 1. The summed E-state index contributed by atoms with van der Waals surface area (Å²) in [6.45, 7) is 8.75. The Labute approximate surface area is 116 Å². The van der Waals surface area contributed by atoms with Crippen LogP contribution in [0.4, 0.5) is 5.69 Å². The third kappa shape index (κ3) is 3.17. The van der Waals surface area contributed by atoms with Crippen LogP contribution >= 0.6 is 0 Å². The first-order valence-electron chi connectivity index (χ1n) is 7.03. The van der Waals surface area contributed by atoms with E-state index < -0.39 is 0 Å². The Hall–Kier alpha value is -1.76. The Balaban J connectivity index is 2.23. The van der Waals surface area contributed by atoms with Crippen LogP contribution in [0.25, 0.3) is 0 Å². The first kappa shape index (κ1) is 13.7. The maximum atomic E-state index is 3.64. The zero-order valence-electron chi connectivity index (χ0n) is 12.3. The summed E-state index contributed by atoms with van der Waals surface area (Å²) in [6, 6.07) is 15.5. The summed E-state index contributed by atoms with van der Waals surface area (Å²) in [6.07, 6.45) is 1.06. The Kier molecular flexibility index (Phi) is 4.26. The number of hydrogen-bond acceptors (Lipinski definition) is 1. The first-order chi connectivity index (χ1) is 9.11. The highest BCUT2D eigenvalue weighted by atomic mass is 14.9. The molecule has 1 unspecified atom stereocenters. The number of aryl methyl sites for hydroxylation is 3. The second kappa shape index (κ2) is 5.92. The average Bonchev–Trinajstić information content (AvgIpc) is 2.39. The van der Waals surface area contributed by atoms with E-state index in [2.05, 4.69) is 75.5 Å². The van der Waals surface area contributed by atoms with Gasteiger partial charge in [0.25, 0.3) is 0 Å². The SMILES string of the molecule is CCc1ccccc1NC(C)c1ccc(C)cc1C. The van der Waals surface area contributed by atoms with Crippen LogP contribution in [0.2, 0.25) is 0 Å². The van der Waals surface area contributed by atoms with Crippen LogP contribution in [0.15, 0.2) is 42.5 Å². The molecule has 1 nitrogen and oxygen atoms in total. The van der Waals surface area contributed by atoms with Crippen molar-refractivity contribution in [3.63, 3.8) is 0 Å². The summed E-state index contributed by atoms with van der Waals surface area (Å²) in [4.78, 5) is 0. The lowest BCUT2D eigenvalue weighted by Gasteiger charge is -2.20. The molecule has 0 heterocycles. The Morgan fingerprint density at radius 3 is 2.47 bits per heavy atom. The molecule has 2 rings (SSSR count). The second-order valence-electron chi connectivity index (χ2n) is 5.24. The third-order valence-electron chi connectivity index (χ3n) is 3.66. The minimum atomic E-state index is 0.327. The summed E-state index contributed by atoms with van der Waals surface area (Å²) < 4.78 is 0. The van der Waals surface area contributed by atoms with Crippen molar-refractivity contribution in [2.24, 2.45) is 0 Å². The van der Waals surface area contributed by atoms with Crippen molar-refractivity contribution in [2.75, 3.05) is 5.32 Å². The molecule has 2 aromatic rings. The molecule has 0 aliphatic heterocycles. The topological polar surface area (TPSA) is 12.0 Å². The molecule has 1 N–H and O–H groups in total. The molecule has 0 spiro atoms. The molecule has 1 heteroatoms. The van der Waals surface area contributed by atoms with E-state index in [4.69, 9.17) is 0 Å². The zero-order chi connectivity index (χ0) is 13.8. The van der Waals surface area contributed by atoms with Crippen molar-refractivity contribution in [1.29, 1.82) is 0 Å². The average molecular weight is 253 g/mol. The molecule has 19 heavy (non-hydrogen) atoms. The van der Waals surface area contributed by atoms with E-state index in [1.165, 1.54) is 27.9 Å². The van der Waals surface area contributed by atoms with Gasteiger partial charge in [-0.3, -0.25) is 0 Å². The van der Waals surface area contributed by atoms with E-state index in [1.807, 2.05) is 0 Å². The fourth-order valence-corrected chi connectivity index (χ4v) is 2.59. The largest absolute Gasteiger partial charge is 0.378 e. The number of anilines is 1. The van der Waals surface area contributed by atoms with Gasteiger partial charge in [-0.15, -0.1) is 0 Å². The molecule has 0 saturated heterocycles. The number of nitrogens with one attached hydrogen (secondary N) is 1. The molecule has 0 amide bonds. The van der Waals surface area contributed by atoms with E-state index in [-0.39, 0.29) is 0 Å². The molecule has 1 atom stereocenters. The Bertz CT molecular complexity index is 557. The monoisotopic (exact) mass is 253 g/mol. The van der Waals surface area contributed by atoms with Crippen LogP contribution in [0.5, 0.6) is 0 Å².